The van der Waals surface area contributed by atoms with E-state index in [1.165, 1.54) is 6.92 Å². The van der Waals surface area contributed by atoms with Crippen molar-refractivity contribution in [3.05, 3.63) is 0 Å². The zero-order chi connectivity index (χ0) is 10.6. The molecule has 0 aromatic rings. The van der Waals surface area contributed by atoms with E-state index < -0.39 is 5.92 Å². The molecular weight excluding hydrogens is 180 g/mol. The van der Waals surface area contributed by atoms with Crippen molar-refractivity contribution < 1.29 is 14.3 Å². The SMILES string of the molecule is CCOC(=O)C(C(C)=O)C1CCCC1. The van der Waals surface area contributed by atoms with E-state index in [4.69, 9.17) is 4.74 Å². The van der Waals surface area contributed by atoms with Gasteiger partial charge in [-0.05, 0) is 32.6 Å². The number of carbonyl (C=O) groups is 2. The smallest absolute Gasteiger partial charge is 0.316 e. The monoisotopic (exact) mass is 198 g/mol. The molecule has 1 aliphatic rings. The van der Waals surface area contributed by atoms with Crippen molar-refractivity contribution in [1.29, 1.82) is 0 Å². The molecule has 0 saturated heterocycles. The lowest BCUT2D eigenvalue weighted by Gasteiger charge is -2.18. The van der Waals surface area contributed by atoms with E-state index >= 15 is 0 Å². The van der Waals surface area contributed by atoms with Gasteiger partial charge in [-0.1, -0.05) is 12.8 Å². The van der Waals surface area contributed by atoms with Crippen LogP contribution >= 0.6 is 0 Å². The average molecular weight is 198 g/mol. The summed E-state index contributed by atoms with van der Waals surface area (Å²) in [6.07, 6.45) is 4.24. The fourth-order valence-electron chi connectivity index (χ4n) is 2.21. The summed E-state index contributed by atoms with van der Waals surface area (Å²) in [5.41, 5.74) is 0. The molecule has 1 unspecified atom stereocenters. The lowest BCUT2D eigenvalue weighted by Crippen LogP contribution is -2.30. The molecule has 0 aliphatic heterocycles. The number of carbonyl (C=O) groups excluding carboxylic acids is 2. The minimum atomic E-state index is -0.502. The molecular formula is C11H18O3. The van der Waals surface area contributed by atoms with Gasteiger partial charge in [0.05, 0.1) is 6.61 Å². The second-order valence-corrected chi connectivity index (χ2v) is 3.88. The molecule has 3 nitrogen and oxygen atoms in total. The molecule has 1 saturated carbocycles. The predicted molar refractivity (Wildman–Crippen MR) is 52.8 cm³/mol. The molecule has 0 radical (unpaired) electrons. The van der Waals surface area contributed by atoms with E-state index in [2.05, 4.69) is 0 Å². The largest absolute Gasteiger partial charge is 0.465 e. The Hall–Kier alpha value is -0.860. The fourth-order valence-corrected chi connectivity index (χ4v) is 2.21. The third-order valence-electron chi connectivity index (χ3n) is 2.85. The molecule has 3 heteroatoms. The molecule has 0 aromatic heterocycles. The molecule has 0 bridgehead atoms. The van der Waals surface area contributed by atoms with Gasteiger partial charge in [0, 0.05) is 0 Å². The van der Waals surface area contributed by atoms with Crippen LogP contribution in [0.1, 0.15) is 39.5 Å². The van der Waals surface area contributed by atoms with Crippen molar-refractivity contribution in [2.45, 2.75) is 39.5 Å². The Balaban J connectivity index is 2.62. The van der Waals surface area contributed by atoms with Crippen LogP contribution in [0.15, 0.2) is 0 Å². The van der Waals surface area contributed by atoms with Crippen LogP contribution in [-0.2, 0) is 14.3 Å². The van der Waals surface area contributed by atoms with Crippen LogP contribution in [0.2, 0.25) is 0 Å². The zero-order valence-corrected chi connectivity index (χ0v) is 8.91. The first-order valence-electron chi connectivity index (χ1n) is 5.34. The highest BCUT2D eigenvalue weighted by Crippen LogP contribution is 2.32. The standard InChI is InChI=1S/C11H18O3/c1-3-14-11(13)10(8(2)12)9-6-4-5-7-9/h9-10H,3-7H2,1-2H3. The summed E-state index contributed by atoms with van der Waals surface area (Å²) in [6, 6.07) is 0. The van der Waals surface area contributed by atoms with Crippen molar-refractivity contribution in [1.82, 2.24) is 0 Å². The second-order valence-electron chi connectivity index (χ2n) is 3.88. The number of hydrogen-bond acceptors (Lipinski definition) is 3. The lowest BCUT2D eigenvalue weighted by atomic mass is 9.88. The molecule has 1 atom stereocenters. The van der Waals surface area contributed by atoms with Gasteiger partial charge in [0.2, 0.25) is 0 Å². The summed E-state index contributed by atoms with van der Waals surface area (Å²) in [7, 11) is 0. The van der Waals surface area contributed by atoms with Gasteiger partial charge in [0.1, 0.15) is 11.7 Å². The van der Waals surface area contributed by atoms with E-state index in [0.717, 1.165) is 25.7 Å². The van der Waals surface area contributed by atoms with E-state index in [1.807, 2.05) is 0 Å². The van der Waals surface area contributed by atoms with Crippen LogP contribution in [0.5, 0.6) is 0 Å². The molecule has 1 fully saturated rings. The van der Waals surface area contributed by atoms with Crippen molar-refractivity contribution in [2.75, 3.05) is 6.61 Å². The summed E-state index contributed by atoms with van der Waals surface area (Å²) in [5, 5.41) is 0. The maximum absolute atomic E-state index is 11.5. The van der Waals surface area contributed by atoms with E-state index in [0.29, 0.717) is 6.61 Å². The summed E-state index contributed by atoms with van der Waals surface area (Å²) in [4.78, 5) is 22.9. The molecule has 0 amide bonds. The summed E-state index contributed by atoms with van der Waals surface area (Å²) < 4.78 is 4.92. The summed E-state index contributed by atoms with van der Waals surface area (Å²) in [6.45, 7) is 3.61. The highest BCUT2D eigenvalue weighted by atomic mass is 16.5. The van der Waals surface area contributed by atoms with Crippen molar-refractivity contribution in [2.24, 2.45) is 11.8 Å². The maximum atomic E-state index is 11.5. The Morgan fingerprint density at radius 3 is 2.36 bits per heavy atom. The van der Waals surface area contributed by atoms with E-state index in [-0.39, 0.29) is 17.7 Å². The molecule has 0 N–H and O–H groups in total. The van der Waals surface area contributed by atoms with Crippen LogP contribution in [0, 0.1) is 11.8 Å². The Morgan fingerprint density at radius 2 is 1.93 bits per heavy atom. The fraction of sp³-hybridized carbons (Fsp3) is 0.818. The second kappa shape index (κ2) is 5.13. The number of Topliss-reactive ketones (excluding diaryl/α,β-unsaturated/α-hetero) is 1. The first-order valence-corrected chi connectivity index (χ1v) is 5.34. The van der Waals surface area contributed by atoms with Gasteiger partial charge in [-0.3, -0.25) is 9.59 Å². The molecule has 0 heterocycles. The zero-order valence-electron chi connectivity index (χ0n) is 8.91. The molecule has 1 rings (SSSR count). The third-order valence-corrected chi connectivity index (χ3v) is 2.85. The average Bonchev–Trinajstić information content (AvgIpc) is 2.57. The highest BCUT2D eigenvalue weighted by molar-refractivity contribution is 5.98. The van der Waals surface area contributed by atoms with Gasteiger partial charge < -0.3 is 4.74 Å². The molecule has 80 valence electrons. The Morgan fingerprint density at radius 1 is 1.36 bits per heavy atom. The van der Waals surface area contributed by atoms with Crippen LogP contribution in [0.25, 0.3) is 0 Å². The number of ether oxygens (including phenoxy) is 1. The highest BCUT2D eigenvalue weighted by Gasteiger charge is 2.34. The van der Waals surface area contributed by atoms with Crippen LogP contribution in [0.4, 0.5) is 0 Å². The van der Waals surface area contributed by atoms with Gasteiger partial charge in [-0.2, -0.15) is 0 Å². The van der Waals surface area contributed by atoms with Crippen molar-refractivity contribution in [3.8, 4) is 0 Å². The van der Waals surface area contributed by atoms with Gasteiger partial charge >= 0.3 is 5.97 Å². The predicted octanol–water partition coefficient (Wildman–Crippen LogP) is 1.94. The number of rotatable bonds is 4. The van der Waals surface area contributed by atoms with Gasteiger partial charge in [0.15, 0.2) is 0 Å². The first-order chi connectivity index (χ1) is 6.66. The van der Waals surface area contributed by atoms with Crippen molar-refractivity contribution in [3.63, 3.8) is 0 Å². The number of esters is 1. The van der Waals surface area contributed by atoms with Gasteiger partial charge in [-0.15, -0.1) is 0 Å². The molecule has 14 heavy (non-hydrogen) atoms. The van der Waals surface area contributed by atoms with E-state index in [9.17, 15) is 9.59 Å². The van der Waals surface area contributed by atoms with Crippen LogP contribution in [-0.4, -0.2) is 18.4 Å². The molecule has 1 aliphatic carbocycles. The Labute approximate surface area is 84.8 Å². The van der Waals surface area contributed by atoms with Crippen molar-refractivity contribution >= 4 is 11.8 Å². The number of ketones is 1. The van der Waals surface area contributed by atoms with Crippen LogP contribution in [0.3, 0.4) is 0 Å². The number of hydrogen-bond donors (Lipinski definition) is 0. The minimum absolute atomic E-state index is 0.0460. The summed E-state index contributed by atoms with van der Waals surface area (Å²) in [5.74, 6) is -0.647. The summed E-state index contributed by atoms with van der Waals surface area (Å²) >= 11 is 0. The maximum Gasteiger partial charge on any atom is 0.316 e. The Bertz CT molecular complexity index is 217. The topological polar surface area (TPSA) is 43.4 Å². The third kappa shape index (κ3) is 2.56. The van der Waals surface area contributed by atoms with Gasteiger partial charge in [-0.25, -0.2) is 0 Å². The first kappa shape index (κ1) is 11.2. The normalized spacial score (nSPS) is 19.3. The Kier molecular flexibility index (Phi) is 4.11. The van der Waals surface area contributed by atoms with Gasteiger partial charge in [0.25, 0.3) is 0 Å². The van der Waals surface area contributed by atoms with E-state index in [1.54, 1.807) is 6.92 Å². The molecule has 0 spiro atoms. The quantitative estimate of drug-likeness (QED) is 0.512. The van der Waals surface area contributed by atoms with Crippen LogP contribution < -0.4 is 0 Å². The molecule has 0 aromatic carbocycles. The lowest BCUT2D eigenvalue weighted by molar-refractivity contribution is -0.153. The minimum Gasteiger partial charge on any atom is -0.465 e.